The number of rotatable bonds is 6. The van der Waals surface area contributed by atoms with E-state index >= 15 is 0 Å². The molecule has 2 aliphatic rings. The molecule has 6 heteroatoms. The molecule has 2 N–H and O–H groups in total. The van der Waals surface area contributed by atoms with Gasteiger partial charge in [0.25, 0.3) is 0 Å². The highest BCUT2D eigenvalue weighted by atomic mass is 19.4. The van der Waals surface area contributed by atoms with Gasteiger partial charge in [-0.2, -0.15) is 13.2 Å². The molecule has 2 rings (SSSR count). The van der Waals surface area contributed by atoms with Crippen LogP contribution in [-0.4, -0.2) is 42.2 Å². The Bertz CT molecular complexity index is 318. The maximum atomic E-state index is 12.7. The fourth-order valence-electron chi connectivity index (χ4n) is 2.82. The highest BCUT2D eigenvalue weighted by Crippen LogP contribution is 2.48. The van der Waals surface area contributed by atoms with Crippen molar-refractivity contribution in [1.29, 1.82) is 0 Å². The lowest BCUT2D eigenvalue weighted by Gasteiger charge is -2.30. The maximum absolute atomic E-state index is 12.7. The molecule has 0 aromatic carbocycles. The first kappa shape index (κ1) is 16.0. The Morgan fingerprint density at radius 2 is 1.95 bits per heavy atom. The van der Waals surface area contributed by atoms with Gasteiger partial charge in [0, 0.05) is 6.54 Å². The van der Waals surface area contributed by atoms with E-state index in [0.717, 1.165) is 19.3 Å². The monoisotopic (exact) mass is 295 g/mol. The average Bonchev–Trinajstić information content (AvgIpc) is 3.16. The number of alkyl halides is 3. The molecular weight excluding hydrogens is 271 g/mol. The van der Waals surface area contributed by atoms with Crippen molar-refractivity contribution < 1.29 is 23.0 Å². The van der Waals surface area contributed by atoms with Gasteiger partial charge in [0.2, 0.25) is 0 Å². The van der Waals surface area contributed by atoms with Crippen LogP contribution < -0.4 is 5.32 Å². The number of hydrogen-bond donors (Lipinski definition) is 2. The van der Waals surface area contributed by atoms with E-state index in [4.69, 9.17) is 4.74 Å². The molecule has 3 nitrogen and oxygen atoms in total. The molecule has 20 heavy (non-hydrogen) atoms. The van der Waals surface area contributed by atoms with E-state index in [9.17, 15) is 18.3 Å². The van der Waals surface area contributed by atoms with E-state index in [2.05, 4.69) is 12.2 Å². The van der Waals surface area contributed by atoms with E-state index in [1.54, 1.807) is 0 Å². The fourth-order valence-corrected chi connectivity index (χ4v) is 2.82. The second kappa shape index (κ2) is 6.20. The van der Waals surface area contributed by atoms with E-state index in [1.807, 2.05) is 0 Å². The predicted octanol–water partition coefficient (Wildman–Crippen LogP) is 2.63. The predicted molar refractivity (Wildman–Crippen MR) is 69.4 cm³/mol. The summed E-state index contributed by atoms with van der Waals surface area (Å²) >= 11 is 0. The average molecular weight is 295 g/mol. The first-order valence-corrected chi connectivity index (χ1v) is 7.45. The van der Waals surface area contributed by atoms with Crippen LogP contribution in [0.4, 0.5) is 13.2 Å². The third kappa shape index (κ3) is 3.86. The molecule has 0 aromatic heterocycles. The third-order valence-electron chi connectivity index (χ3n) is 4.50. The van der Waals surface area contributed by atoms with Crippen molar-refractivity contribution in [2.45, 2.75) is 69.4 Å². The minimum absolute atomic E-state index is 0.0688. The van der Waals surface area contributed by atoms with Crippen LogP contribution in [-0.2, 0) is 4.74 Å². The van der Waals surface area contributed by atoms with Gasteiger partial charge in [-0.15, -0.1) is 0 Å². The Balaban J connectivity index is 1.67. The molecule has 0 heterocycles. The van der Waals surface area contributed by atoms with Crippen molar-refractivity contribution >= 4 is 0 Å². The molecule has 2 aliphatic carbocycles. The van der Waals surface area contributed by atoms with Crippen molar-refractivity contribution in [3.8, 4) is 0 Å². The molecule has 0 amide bonds. The van der Waals surface area contributed by atoms with Gasteiger partial charge >= 0.3 is 6.18 Å². The van der Waals surface area contributed by atoms with Crippen molar-refractivity contribution in [3.05, 3.63) is 0 Å². The lowest BCUT2D eigenvalue weighted by Crippen LogP contribution is -2.48. The number of aliphatic hydroxyl groups excluding tert-OH is 1. The molecule has 3 unspecified atom stereocenters. The Morgan fingerprint density at radius 3 is 2.50 bits per heavy atom. The first-order valence-electron chi connectivity index (χ1n) is 7.45. The van der Waals surface area contributed by atoms with E-state index in [0.29, 0.717) is 5.92 Å². The summed E-state index contributed by atoms with van der Waals surface area (Å²) in [6.45, 7) is 2.16. The van der Waals surface area contributed by atoms with Gasteiger partial charge in [0.1, 0.15) is 5.54 Å². The minimum atomic E-state index is -4.23. The van der Waals surface area contributed by atoms with Crippen LogP contribution in [0, 0.1) is 5.92 Å². The lowest BCUT2D eigenvalue weighted by molar-refractivity contribution is -0.167. The summed E-state index contributed by atoms with van der Waals surface area (Å²) in [6.07, 6.45) is -0.345. The van der Waals surface area contributed by atoms with E-state index in [-0.39, 0.29) is 32.1 Å². The highest BCUT2D eigenvalue weighted by Gasteiger charge is 2.63. The second-order valence-corrected chi connectivity index (χ2v) is 6.25. The largest absolute Gasteiger partial charge is 0.406 e. The summed E-state index contributed by atoms with van der Waals surface area (Å²) < 4.78 is 43.8. The van der Waals surface area contributed by atoms with Gasteiger partial charge < -0.3 is 15.2 Å². The molecule has 2 fully saturated rings. The molecule has 118 valence electrons. The Kier molecular flexibility index (Phi) is 4.97. The van der Waals surface area contributed by atoms with Crippen LogP contribution in [0.5, 0.6) is 0 Å². The van der Waals surface area contributed by atoms with Gasteiger partial charge in [0.15, 0.2) is 0 Å². The zero-order valence-corrected chi connectivity index (χ0v) is 11.9. The summed E-state index contributed by atoms with van der Waals surface area (Å²) in [5.41, 5.74) is -1.76. The van der Waals surface area contributed by atoms with E-state index < -0.39 is 17.8 Å². The lowest BCUT2D eigenvalue weighted by atomic mass is 9.88. The molecular formula is C14H24F3NO2. The van der Waals surface area contributed by atoms with Gasteiger partial charge in [-0.05, 0) is 31.6 Å². The van der Waals surface area contributed by atoms with Crippen LogP contribution >= 0.6 is 0 Å². The van der Waals surface area contributed by atoms with Gasteiger partial charge in [-0.3, -0.25) is 0 Å². The van der Waals surface area contributed by atoms with Crippen molar-refractivity contribution in [1.82, 2.24) is 5.32 Å². The molecule has 0 spiro atoms. The van der Waals surface area contributed by atoms with Gasteiger partial charge in [0.05, 0.1) is 18.8 Å². The molecule has 0 saturated heterocycles. The van der Waals surface area contributed by atoms with Crippen LogP contribution in [0.1, 0.15) is 45.4 Å². The van der Waals surface area contributed by atoms with Crippen LogP contribution in [0.15, 0.2) is 0 Å². The maximum Gasteiger partial charge on any atom is 0.406 e. The minimum Gasteiger partial charge on any atom is -0.389 e. The Morgan fingerprint density at radius 1 is 1.30 bits per heavy atom. The summed E-state index contributed by atoms with van der Waals surface area (Å²) in [7, 11) is 0. The molecule has 0 aliphatic heterocycles. The second-order valence-electron chi connectivity index (χ2n) is 6.25. The van der Waals surface area contributed by atoms with Crippen LogP contribution in [0.2, 0.25) is 0 Å². The third-order valence-corrected chi connectivity index (χ3v) is 4.50. The SMILES string of the molecule is CC1CCCCC1OCC(O)CNC1(C(F)(F)F)CC1. The smallest absolute Gasteiger partial charge is 0.389 e. The molecule has 0 bridgehead atoms. The molecule has 0 radical (unpaired) electrons. The van der Waals surface area contributed by atoms with Gasteiger partial charge in [-0.1, -0.05) is 19.8 Å². The zero-order chi connectivity index (χ0) is 14.8. The number of aliphatic hydroxyl groups is 1. The topological polar surface area (TPSA) is 41.5 Å². The van der Waals surface area contributed by atoms with Crippen molar-refractivity contribution in [2.24, 2.45) is 5.92 Å². The Hall–Kier alpha value is -0.330. The van der Waals surface area contributed by atoms with E-state index in [1.165, 1.54) is 6.42 Å². The quantitative estimate of drug-likeness (QED) is 0.791. The van der Waals surface area contributed by atoms with Crippen molar-refractivity contribution in [3.63, 3.8) is 0 Å². The summed E-state index contributed by atoms with van der Waals surface area (Å²) in [6, 6.07) is 0. The summed E-state index contributed by atoms with van der Waals surface area (Å²) in [4.78, 5) is 0. The Labute approximate surface area is 117 Å². The van der Waals surface area contributed by atoms with Gasteiger partial charge in [-0.25, -0.2) is 0 Å². The highest BCUT2D eigenvalue weighted by molar-refractivity contribution is 5.08. The van der Waals surface area contributed by atoms with Crippen LogP contribution in [0.3, 0.4) is 0 Å². The standard InChI is InChI=1S/C14H24F3NO2/c1-10-4-2-3-5-12(10)20-9-11(19)8-18-13(6-7-13)14(15,16)17/h10-12,18-19H,2-9H2,1H3. The number of hydrogen-bond acceptors (Lipinski definition) is 3. The number of ether oxygens (including phenoxy) is 1. The van der Waals surface area contributed by atoms with Crippen molar-refractivity contribution in [2.75, 3.05) is 13.2 Å². The molecule has 3 atom stereocenters. The zero-order valence-electron chi connectivity index (χ0n) is 11.9. The molecule has 0 aromatic rings. The fraction of sp³-hybridized carbons (Fsp3) is 1.00. The number of halogens is 3. The summed E-state index contributed by atoms with van der Waals surface area (Å²) in [5, 5.41) is 12.2. The number of β-amino-alcohol motifs (C(OH)–C–C–N with tert-alkyl or cyclic N) is 1. The first-order chi connectivity index (χ1) is 9.34. The molecule has 2 saturated carbocycles. The number of nitrogens with one attached hydrogen (secondary N) is 1. The van der Waals surface area contributed by atoms with Crippen LogP contribution in [0.25, 0.3) is 0 Å². The summed E-state index contributed by atoms with van der Waals surface area (Å²) in [5.74, 6) is 0.467. The normalized spacial score (nSPS) is 31.1.